The number of alkyl halides is 2. The summed E-state index contributed by atoms with van der Waals surface area (Å²) in [4.78, 5) is 11.8. The Morgan fingerprint density at radius 2 is 2.15 bits per heavy atom. The maximum atomic E-state index is 15.5. The van der Waals surface area contributed by atoms with Crippen molar-refractivity contribution in [3.8, 4) is 0 Å². The van der Waals surface area contributed by atoms with Crippen molar-refractivity contribution < 1.29 is 27.7 Å². The minimum absolute atomic E-state index is 0.0631. The summed E-state index contributed by atoms with van der Waals surface area (Å²) in [6.45, 7) is 1.16. The number of aromatic nitrogens is 4. The van der Waals surface area contributed by atoms with Gasteiger partial charge >= 0.3 is 8.03 Å². The fourth-order valence-corrected chi connectivity index (χ4v) is 2.72. The van der Waals surface area contributed by atoms with Gasteiger partial charge in [-0.2, -0.15) is 9.97 Å². The molecule has 0 saturated heterocycles. The highest BCUT2D eigenvalue weighted by atomic mass is 31.1. The van der Waals surface area contributed by atoms with E-state index in [4.69, 9.17) is 5.73 Å². The molecule has 0 spiro atoms. The van der Waals surface area contributed by atoms with Crippen LogP contribution in [0.4, 0.5) is 20.5 Å². The standard InChI is InChI=1S/C13H20F2N6O4P/c1-12(14,10(22)13(15,24-3)5-25-26(4)23)21-6-18-7-8(17-2)19-11(16)20-9(7)21/h6,10,22H,5H2,1-4H3,(H3,16,17,19,20)/q+1/t10?,12-,13+/m0/s1. The molecule has 2 aromatic heterocycles. The van der Waals surface area contributed by atoms with Crippen LogP contribution in [0.5, 0.6) is 0 Å². The Balaban J connectivity index is 2.50. The molecule has 0 aromatic carbocycles. The van der Waals surface area contributed by atoms with Gasteiger partial charge in [-0.25, -0.2) is 13.8 Å². The molecule has 2 rings (SSSR count). The first-order chi connectivity index (χ1) is 12.1. The van der Waals surface area contributed by atoms with Crippen molar-refractivity contribution in [3.63, 3.8) is 0 Å². The quantitative estimate of drug-likeness (QED) is 0.564. The van der Waals surface area contributed by atoms with Crippen LogP contribution in [-0.2, 0) is 19.6 Å². The van der Waals surface area contributed by atoms with Crippen LogP contribution in [0, 0.1) is 0 Å². The van der Waals surface area contributed by atoms with E-state index in [1.807, 2.05) is 0 Å². The third-order valence-electron chi connectivity index (χ3n) is 3.81. The molecular weight excluding hydrogens is 373 g/mol. The van der Waals surface area contributed by atoms with Crippen molar-refractivity contribution >= 4 is 31.0 Å². The van der Waals surface area contributed by atoms with Gasteiger partial charge in [-0.05, 0) is 11.5 Å². The minimum Gasteiger partial charge on any atom is -0.382 e. The Labute approximate surface area is 148 Å². The second-order valence-electron chi connectivity index (χ2n) is 5.60. The first-order valence-corrected chi connectivity index (χ1v) is 9.03. The van der Waals surface area contributed by atoms with Crippen LogP contribution >= 0.6 is 8.03 Å². The van der Waals surface area contributed by atoms with Gasteiger partial charge < -0.3 is 20.9 Å². The zero-order valence-corrected chi connectivity index (χ0v) is 15.5. The summed E-state index contributed by atoms with van der Waals surface area (Å²) < 4.78 is 51.5. The van der Waals surface area contributed by atoms with Crippen molar-refractivity contribution in [1.82, 2.24) is 19.5 Å². The number of nitrogens with two attached hydrogens (primary N) is 1. The lowest BCUT2D eigenvalue weighted by atomic mass is 10.0. The lowest BCUT2D eigenvalue weighted by Crippen LogP contribution is -2.54. The minimum atomic E-state index is -2.98. The first-order valence-electron chi connectivity index (χ1n) is 7.40. The molecular formula is C13H20F2N6O4P+. The zero-order chi connectivity index (χ0) is 19.7. The van der Waals surface area contributed by atoms with Gasteiger partial charge in [0.05, 0.1) is 6.33 Å². The number of aliphatic hydroxyl groups excluding tert-OH is 1. The summed E-state index contributed by atoms with van der Waals surface area (Å²) in [5, 5.41) is 13.1. The predicted molar refractivity (Wildman–Crippen MR) is 90.4 cm³/mol. The fourth-order valence-electron chi connectivity index (χ4n) is 2.36. The number of imidazole rings is 1. The molecule has 144 valence electrons. The van der Waals surface area contributed by atoms with E-state index in [0.29, 0.717) is 0 Å². The Kier molecular flexibility index (Phi) is 5.71. The van der Waals surface area contributed by atoms with Crippen LogP contribution in [0.25, 0.3) is 11.2 Å². The van der Waals surface area contributed by atoms with Gasteiger partial charge in [0.2, 0.25) is 11.7 Å². The van der Waals surface area contributed by atoms with Gasteiger partial charge in [-0.15, -0.1) is 4.52 Å². The maximum absolute atomic E-state index is 15.5. The van der Waals surface area contributed by atoms with E-state index in [9.17, 15) is 14.1 Å². The first kappa shape index (κ1) is 20.3. The fraction of sp³-hybridized carbons (Fsp3) is 0.615. The number of ether oxygens (including phenoxy) is 1. The summed E-state index contributed by atoms with van der Waals surface area (Å²) in [6, 6.07) is 0. The van der Waals surface area contributed by atoms with E-state index < -0.39 is 32.4 Å². The van der Waals surface area contributed by atoms with E-state index in [1.54, 1.807) is 7.05 Å². The van der Waals surface area contributed by atoms with Crippen LogP contribution < -0.4 is 11.1 Å². The molecule has 4 atom stereocenters. The van der Waals surface area contributed by atoms with Crippen molar-refractivity contribution in [2.45, 2.75) is 24.7 Å². The summed E-state index contributed by atoms with van der Waals surface area (Å²) >= 11 is 0. The smallest absolute Gasteiger partial charge is 0.382 e. The highest BCUT2D eigenvalue weighted by Gasteiger charge is 2.53. The molecule has 0 amide bonds. The topological polar surface area (TPSA) is 137 Å². The van der Waals surface area contributed by atoms with Gasteiger partial charge in [0, 0.05) is 14.2 Å². The van der Waals surface area contributed by atoms with Gasteiger partial charge in [0.15, 0.2) is 36.4 Å². The summed E-state index contributed by atoms with van der Waals surface area (Å²) in [5.41, 5.74) is 5.71. The average molecular weight is 393 g/mol. The Hall–Kier alpha value is -2.01. The number of hydrogen-bond donors (Lipinski definition) is 3. The Morgan fingerprint density at radius 1 is 1.50 bits per heavy atom. The van der Waals surface area contributed by atoms with Crippen LogP contribution in [0.3, 0.4) is 0 Å². The monoisotopic (exact) mass is 393 g/mol. The second kappa shape index (κ2) is 7.31. The van der Waals surface area contributed by atoms with Gasteiger partial charge in [-0.3, -0.25) is 4.57 Å². The SMILES string of the molecule is CNc1nc(N)nc2c1ncn2[C@](C)(F)C(O)[C@@](F)(CO[P+](C)=O)OC. The largest absolute Gasteiger partial charge is 0.505 e. The number of aliphatic hydroxyl groups is 1. The number of nitrogens with zero attached hydrogens (tertiary/aromatic N) is 4. The summed E-state index contributed by atoms with van der Waals surface area (Å²) in [6.07, 6.45) is -1.35. The summed E-state index contributed by atoms with van der Waals surface area (Å²) in [5.74, 6) is -5.68. The molecule has 0 aliphatic heterocycles. The molecule has 2 heterocycles. The molecule has 0 saturated carbocycles. The molecule has 26 heavy (non-hydrogen) atoms. The molecule has 0 aliphatic carbocycles. The third-order valence-corrected chi connectivity index (χ3v) is 4.30. The zero-order valence-electron chi connectivity index (χ0n) is 14.6. The average Bonchev–Trinajstić information content (AvgIpc) is 3.02. The van der Waals surface area contributed by atoms with Crippen molar-refractivity contribution in [1.29, 1.82) is 0 Å². The highest BCUT2D eigenvalue weighted by Crippen LogP contribution is 2.37. The number of fused-ring (bicyclic) bond motifs is 1. The normalized spacial score (nSPS) is 18.2. The molecule has 13 heteroatoms. The molecule has 0 aliphatic rings. The van der Waals surface area contributed by atoms with E-state index in [0.717, 1.165) is 24.9 Å². The third kappa shape index (κ3) is 3.58. The van der Waals surface area contributed by atoms with E-state index in [2.05, 4.69) is 29.5 Å². The molecule has 0 radical (unpaired) electrons. The number of rotatable bonds is 8. The number of anilines is 2. The van der Waals surface area contributed by atoms with E-state index in [1.165, 1.54) is 6.66 Å². The lowest BCUT2D eigenvalue weighted by Gasteiger charge is -2.35. The highest BCUT2D eigenvalue weighted by molar-refractivity contribution is 7.38. The molecule has 4 N–H and O–H groups in total. The van der Waals surface area contributed by atoms with Crippen molar-refractivity contribution in [3.05, 3.63) is 6.33 Å². The van der Waals surface area contributed by atoms with Crippen LogP contribution in [0.15, 0.2) is 6.33 Å². The van der Waals surface area contributed by atoms with Gasteiger partial charge in [-0.1, -0.05) is 0 Å². The number of methoxy groups -OCH3 is 1. The number of nitrogens with one attached hydrogen (secondary N) is 1. The molecule has 0 fully saturated rings. The molecule has 2 aromatic rings. The van der Waals surface area contributed by atoms with Gasteiger partial charge in [0.25, 0.3) is 5.85 Å². The van der Waals surface area contributed by atoms with E-state index in [-0.39, 0.29) is 22.9 Å². The lowest BCUT2D eigenvalue weighted by molar-refractivity contribution is -0.252. The number of nitrogen functional groups attached to an aromatic ring is 1. The Bertz CT molecular complexity index is 819. The van der Waals surface area contributed by atoms with Crippen LogP contribution in [-0.4, -0.2) is 64.0 Å². The molecule has 0 bridgehead atoms. The van der Waals surface area contributed by atoms with Crippen LogP contribution in [0.2, 0.25) is 0 Å². The second-order valence-corrected chi connectivity index (χ2v) is 6.73. The van der Waals surface area contributed by atoms with Crippen molar-refractivity contribution in [2.24, 2.45) is 0 Å². The van der Waals surface area contributed by atoms with Crippen LogP contribution in [0.1, 0.15) is 6.92 Å². The predicted octanol–water partition coefficient (Wildman–Crippen LogP) is 1.15. The molecule has 10 nitrogen and oxygen atoms in total. The maximum Gasteiger partial charge on any atom is 0.505 e. The van der Waals surface area contributed by atoms with Gasteiger partial charge in [0.1, 0.15) is 0 Å². The number of halogens is 2. The molecule has 2 unspecified atom stereocenters. The Morgan fingerprint density at radius 3 is 2.69 bits per heavy atom. The summed E-state index contributed by atoms with van der Waals surface area (Å²) in [7, 11) is 0.304. The van der Waals surface area contributed by atoms with Crippen molar-refractivity contribution in [2.75, 3.05) is 38.5 Å². The van der Waals surface area contributed by atoms with E-state index >= 15 is 4.39 Å². The number of hydrogen-bond acceptors (Lipinski definition) is 9.